The summed E-state index contributed by atoms with van der Waals surface area (Å²) in [5, 5.41) is 24.9. The van der Waals surface area contributed by atoms with E-state index in [9.17, 15) is 28.1 Å². The number of urea groups is 1. The molecule has 0 aliphatic rings. The minimum absolute atomic E-state index is 0.101. The van der Waals surface area contributed by atoms with Crippen LogP contribution in [0.3, 0.4) is 0 Å². The van der Waals surface area contributed by atoms with Crippen molar-refractivity contribution in [2.45, 2.75) is 37.0 Å². The molecule has 0 spiro atoms. The number of aromatic nitrogens is 3. The molecule has 1 unspecified atom stereocenters. The summed E-state index contributed by atoms with van der Waals surface area (Å²) in [5.74, 6) is 0.846. The van der Waals surface area contributed by atoms with Crippen molar-refractivity contribution in [2.75, 3.05) is 5.32 Å². The Labute approximate surface area is 225 Å². The van der Waals surface area contributed by atoms with E-state index < -0.39 is 28.7 Å². The first-order valence-corrected chi connectivity index (χ1v) is 12.6. The minimum Gasteiger partial charge on any atom is -0.328 e. The number of carbonyl (C=O) groups excluding carboxylic acids is 1. The van der Waals surface area contributed by atoms with Crippen LogP contribution in [0.15, 0.2) is 78.0 Å². The Morgan fingerprint density at radius 3 is 2.46 bits per heavy atom. The molecule has 1 atom stereocenters. The van der Waals surface area contributed by atoms with Gasteiger partial charge in [0.05, 0.1) is 22.2 Å². The van der Waals surface area contributed by atoms with Crippen LogP contribution < -0.4 is 10.6 Å². The van der Waals surface area contributed by atoms with Crippen molar-refractivity contribution in [2.24, 2.45) is 0 Å². The van der Waals surface area contributed by atoms with Gasteiger partial charge in [-0.15, -0.1) is 10.2 Å². The molecule has 13 heteroatoms. The third kappa shape index (κ3) is 6.74. The largest absolute Gasteiger partial charge is 0.418 e. The van der Waals surface area contributed by atoms with Crippen molar-refractivity contribution in [1.29, 1.82) is 0 Å². The lowest BCUT2D eigenvalue weighted by Crippen LogP contribution is -2.33. The maximum atomic E-state index is 13.3. The Morgan fingerprint density at radius 1 is 1.08 bits per heavy atom. The number of para-hydroxylation sites is 1. The highest BCUT2D eigenvalue weighted by Crippen LogP contribution is 2.34. The molecule has 3 aromatic carbocycles. The van der Waals surface area contributed by atoms with Gasteiger partial charge in [-0.3, -0.25) is 14.7 Å². The predicted octanol–water partition coefficient (Wildman–Crippen LogP) is 6.68. The molecule has 0 bridgehead atoms. The molecule has 0 aliphatic heterocycles. The van der Waals surface area contributed by atoms with E-state index in [1.54, 1.807) is 11.5 Å². The number of alkyl halides is 3. The van der Waals surface area contributed by atoms with Gasteiger partial charge < -0.3 is 10.6 Å². The van der Waals surface area contributed by atoms with Crippen LogP contribution in [0.25, 0.3) is 5.69 Å². The monoisotopic (exact) mass is 556 g/mol. The number of thioether (sulfide) groups is 1. The van der Waals surface area contributed by atoms with Gasteiger partial charge in [-0.05, 0) is 43.7 Å². The summed E-state index contributed by atoms with van der Waals surface area (Å²) >= 11 is 1.38. The van der Waals surface area contributed by atoms with Gasteiger partial charge in [-0.25, -0.2) is 4.79 Å². The maximum Gasteiger partial charge on any atom is 0.418 e. The molecule has 4 aromatic rings. The number of benzene rings is 3. The van der Waals surface area contributed by atoms with Gasteiger partial charge in [0, 0.05) is 23.6 Å². The number of hydrogen-bond acceptors (Lipinski definition) is 6. The Hall–Kier alpha value is -4.39. The van der Waals surface area contributed by atoms with Crippen molar-refractivity contribution in [3.8, 4) is 5.69 Å². The quantitative estimate of drug-likeness (QED) is 0.142. The van der Waals surface area contributed by atoms with Crippen LogP contribution in [-0.2, 0) is 11.9 Å². The molecule has 202 valence electrons. The summed E-state index contributed by atoms with van der Waals surface area (Å²) in [6.45, 7) is 3.59. The molecule has 0 aliphatic carbocycles. The van der Waals surface area contributed by atoms with Crippen LogP contribution in [0, 0.1) is 17.0 Å². The van der Waals surface area contributed by atoms with Gasteiger partial charge in [0.15, 0.2) is 11.0 Å². The standard InChI is InChI=1S/C26H23F3N6O3S/c1-16-6-5-7-18(14-16)15-39-25-33-32-23(34(25)19-10-12-20(13-11-19)35(37)38)17(2)30-24(36)31-22-9-4-3-8-21(22)26(27,28)29/h3-14,17H,15H2,1-2H3,(H2,30,31,36). The number of nitrogens with one attached hydrogen (secondary N) is 2. The van der Waals surface area contributed by atoms with Gasteiger partial charge in [-0.1, -0.05) is 53.7 Å². The summed E-state index contributed by atoms with van der Waals surface area (Å²) in [7, 11) is 0. The third-order valence-corrected chi connectivity index (χ3v) is 6.64. The van der Waals surface area contributed by atoms with Crippen LogP contribution in [0.4, 0.5) is 29.3 Å². The average Bonchev–Trinajstić information content (AvgIpc) is 3.31. The number of nitro benzene ring substituents is 1. The Kier molecular flexibility index (Phi) is 8.19. The first-order valence-electron chi connectivity index (χ1n) is 11.6. The number of rotatable bonds is 8. The van der Waals surface area contributed by atoms with E-state index >= 15 is 0 Å². The number of non-ortho nitro benzene ring substituents is 1. The van der Waals surface area contributed by atoms with Crippen LogP contribution in [0.5, 0.6) is 0 Å². The molecular formula is C26H23F3N6O3S. The summed E-state index contributed by atoms with van der Waals surface area (Å²) in [4.78, 5) is 23.3. The Balaban J connectivity index is 1.60. The normalized spacial score (nSPS) is 12.1. The first kappa shape index (κ1) is 27.6. The van der Waals surface area contributed by atoms with Gasteiger partial charge >= 0.3 is 12.2 Å². The fourth-order valence-corrected chi connectivity index (χ4v) is 4.73. The minimum atomic E-state index is -4.64. The smallest absolute Gasteiger partial charge is 0.328 e. The summed E-state index contributed by atoms with van der Waals surface area (Å²) in [6, 6.07) is 16.7. The number of anilines is 1. The highest BCUT2D eigenvalue weighted by molar-refractivity contribution is 7.98. The summed E-state index contributed by atoms with van der Waals surface area (Å²) in [6.07, 6.45) is -4.64. The molecule has 1 heterocycles. The van der Waals surface area contributed by atoms with Crippen molar-refractivity contribution in [3.05, 3.63) is 105 Å². The second-order valence-corrected chi connectivity index (χ2v) is 9.53. The lowest BCUT2D eigenvalue weighted by atomic mass is 10.1. The number of nitro groups is 1. The number of amides is 2. The maximum absolute atomic E-state index is 13.3. The Bertz CT molecular complexity index is 1490. The number of carbonyl (C=O) groups is 1. The summed E-state index contributed by atoms with van der Waals surface area (Å²) < 4.78 is 41.6. The second kappa shape index (κ2) is 11.6. The molecule has 2 amide bonds. The third-order valence-electron chi connectivity index (χ3n) is 5.64. The Morgan fingerprint density at radius 2 is 1.79 bits per heavy atom. The van der Waals surface area contributed by atoms with Crippen molar-refractivity contribution < 1.29 is 22.9 Å². The second-order valence-electron chi connectivity index (χ2n) is 8.59. The molecule has 39 heavy (non-hydrogen) atoms. The summed E-state index contributed by atoms with van der Waals surface area (Å²) in [5.41, 5.74) is 1.20. The fourth-order valence-electron chi connectivity index (χ4n) is 3.83. The number of hydrogen-bond donors (Lipinski definition) is 2. The zero-order chi connectivity index (χ0) is 28.2. The van der Waals surface area contributed by atoms with E-state index in [-0.39, 0.29) is 17.2 Å². The number of aryl methyl sites for hydroxylation is 1. The van der Waals surface area contributed by atoms with E-state index in [0.29, 0.717) is 16.6 Å². The molecule has 4 rings (SSSR count). The molecule has 0 radical (unpaired) electrons. The molecule has 0 fully saturated rings. The molecule has 2 N–H and O–H groups in total. The van der Waals surface area contributed by atoms with Gasteiger partial charge in [0.2, 0.25) is 0 Å². The van der Waals surface area contributed by atoms with Gasteiger partial charge in [-0.2, -0.15) is 13.2 Å². The highest BCUT2D eigenvalue weighted by Gasteiger charge is 2.33. The first-order chi connectivity index (χ1) is 18.5. The predicted molar refractivity (Wildman–Crippen MR) is 141 cm³/mol. The van der Waals surface area contributed by atoms with E-state index in [0.717, 1.165) is 23.3 Å². The molecule has 1 aromatic heterocycles. The van der Waals surface area contributed by atoms with Crippen molar-refractivity contribution in [3.63, 3.8) is 0 Å². The number of nitrogens with zero attached hydrogens (tertiary/aromatic N) is 4. The van der Waals surface area contributed by atoms with Gasteiger partial charge in [0.25, 0.3) is 5.69 Å². The zero-order valence-electron chi connectivity index (χ0n) is 20.8. The lowest BCUT2D eigenvalue weighted by Gasteiger charge is -2.18. The van der Waals surface area contributed by atoms with Crippen LogP contribution in [-0.4, -0.2) is 25.7 Å². The lowest BCUT2D eigenvalue weighted by molar-refractivity contribution is -0.384. The van der Waals surface area contributed by atoms with Crippen molar-refractivity contribution in [1.82, 2.24) is 20.1 Å². The molecule has 9 nitrogen and oxygen atoms in total. The molecule has 0 saturated heterocycles. The van der Waals surface area contributed by atoms with E-state index in [4.69, 9.17) is 0 Å². The molecule has 0 saturated carbocycles. The molecular weight excluding hydrogens is 533 g/mol. The van der Waals surface area contributed by atoms with Crippen LogP contribution in [0.2, 0.25) is 0 Å². The van der Waals surface area contributed by atoms with Crippen LogP contribution in [0.1, 0.15) is 35.5 Å². The van der Waals surface area contributed by atoms with Gasteiger partial charge in [0.1, 0.15) is 0 Å². The van der Waals surface area contributed by atoms with E-state index in [1.165, 1.54) is 48.2 Å². The number of halogens is 3. The SMILES string of the molecule is Cc1cccc(CSc2nnc(C(C)NC(=O)Nc3ccccc3C(F)(F)F)n2-c2ccc([N+](=O)[O-])cc2)c1. The topological polar surface area (TPSA) is 115 Å². The zero-order valence-corrected chi connectivity index (χ0v) is 21.6. The highest BCUT2D eigenvalue weighted by atomic mass is 32.2. The van der Waals surface area contributed by atoms with E-state index in [2.05, 4.69) is 20.8 Å². The average molecular weight is 557 g/mol. The van der Waals surface area contributed by atoms with E-state index in [1.807, 2.05) is 31.2 Å². The fraction of sp³-hybridized carbons (Fsp3) is 0.192. The van der Waals surface area contributed by atoms with Crippen LogP contribution >= 0.6 is 11.8 Å². The van der Waals surface area contributed by atoms with Crippen molar-refractivity contribution >= 4 is 29.2 Å².